The predicted octanol–water partition coefficient (Wildman–Crippen LogP) is 4.14. The summed E-state index contributed by atoms with van der Waals surface area (Å²) >= 11 is 0. The second-order valence-corrected chi connectivity index (χ2v) is 2.85. The summed E-state index contributed by atoms with van der Waals surface area (Å²) < 4.78 is 0. The summed E-state index contributed by atoms with van der Waals surface area (Å²) in [4.78, 5) is 0. The third-order valence-electron chi connectivity index (χ3n) is 1.61. The largest absolute Gasteiger partial charge is 0.192 e. The van der Waals surface area contributed by atoms with E-state index in [1.165, 1.54) is 5.56 Å². The van der Waals surface area contributed by atoms with Gasteiger partial charge in [-0.15, -0.1) is 0 Å². The summed E-state index contributed by atoms with van der Waals surface area (Å²) in [6, 6.07) is 11.9. The normalized spacial score (nSPS) is 8.44. The van der Waals surface area contributed by atoms with Crippen molar-refractivity contribution in [1.29, 1.82) is 5.26 Å². The molecule has 0 N–H and O–H groups in total. The molecule has 0 atom stereocenters. The SMILES string of the molecule is C=C/C=C/C(=C)C#N.C=Cc1ccccc1. The van der Waals surface area contributed by atoms with E-state index >= 15 is 0 Å². The standard InChI is InChI=1S/C8H8.C7H7N/c1-2-8-6-4-3-5-7-8;1-3-4-5-7(2)6-8/h2-7H,1H2;3-5H,1-2H2/b;5-4+. The van der Waals surface area contributed by atoms with Crippen LogP contribution in [0, 0.1) is 11.3 Å². The molecule has 1 aromatic carbocycles. The summed E-state index contributed by atoms with van der Waals surface area (Å²) in [6.07, 6.45) is 6.71. The molecule has 0 spiro atoms. The molecule has 0 unspecified atom stereocenters. The van der Waals surface area contributed by atoms with E-state index in [1.807, 2.05) is 42.5 Å². The zero-order valence-corrected chi connectivity index (χ0v) is 9.26. The molecule has 16 heavy (non-hydrogen) atoms. The quantitative estimate of drug-likeness (QED) is 0.542. The minimum Gasteiger partial charge on any atom is -0.192 e. The summed E-state index contributed by atoms with van der Waals surface area (Å²) in [7, 11) is 0. The van der Waals surface area contributed by atoms with E-state index in [-0.39, 0.29) is 0 Å². The molecule has 0 aliphatic rings. The molecule has 0 aliphatic heterocycles. The van der Waals surface area contributed by atoms with Crippen molar-refractivity contribution in [2.24, 2.45) is 0 Å². The lowest BCUT2D eigenvalue weighted by atomic mass is 10.2. The number of hydrogen-bond acceptors (Lipinski definition) is 1. The highest BCUT2D eigenvalue weighted by molar-refractivity contribution is 5.45. The average molecular weight is 209 g/mol. The Morgan fingerprint density at radius 1 is 1.19 bits per heavy atom. The molecule has 0 amide bonds. The van der Waals surface area contributed by atoms with E-state index < -0.39 is 0 Å². The molecule has 1 rings (SSSR count). The van der Waals surface area contributed by atoms with Gasteiger partial charge in [0.05, 0.1) is 6.07 Å². The molecule has 0 fully saturated rings. The molecule has 0 heterocycles. The maximum Gasteiger partial charge on any atom is 0.0985 e. The van der Waals surface area contributed by atoms with Crippen LogP contribution in [-0.4, -0.2) is 0 Å². The van der Waals surface area contributed by atoms with Crippen LogP contribution in [-0.2, 0) is 0 Å². The molecule has 0 radical (unpaired) electrons. The Kier molecular flexibility index (Phi) is 7.89. The number of rotatable bonds is 3. The zero-order chi connectivity index (χ0) is 12.2. The highest BCUT2D eigenvalue weighted by Gasteiger charge is 1.76. The summed E-state index contributed by atoms with van der Waals surface area (Å²) in [5.41, 5.74) is 1.62. The van der Waals surface area contributed by atoms with E-state index in [0.717, 1.165) is 0 Å². The van der Waals surface area contributed by atoms with E-state index in [4.69, 9.17) is 5.26 Å². The molecule has 1 aromatic rings. The maximum absolute atomic E-state index is 8.13. The Morgan fingerprint density at radius 2 is 1.81 bits per heavy atom. The molecule has 0 bridgehead atoms. The van der Waals surface area contributed by atoms with Crippen LogP contribution in [0.15, 0.2) is 73.9 Å². The van der Waals surface area contributed by atoms with Gasteiger partial charge in [-0.3, -0.25) is 0 Å². The van der Waals surface area contributed by atoms with Crippen molar-refractivity contribution in [3.63, 3.8) is 0 Å². The van der Waals surface area contributed by atoms with Crippen molar-refractivity contribution in [1.82, 2.24) is 0 Å². The topological polar surface area (TPSA) is 23.8 Å². The number of allylic oxidation sites excluding steroid dienone is 4. The van der Waals surface area contributed by atoms with Gasteiger partial charge in [0.25, 0.3) is 0 Å². The van der Waals surface area contributed by atoms with Crippen molar-refractivity contribution < 1.29 is 0 Å². The molecule has 0 saturated heterocycles. The van der Waals surface area contributed by atoms with Gasteiger partial charge >= 0.3 is 0 Å². The van der Waals surface area contributed by atoms with Gasteiger partial charge in [0, 0.05) is 5.57 Å². The van der Waals surface area contributed by atoms with Crippen LogP contribution in [0.3, 0.4) is 0 Å². The number of nitrogens with zero attached hydrogens (tertiary/aromatic N) is 1. The first-order valence-electron chi connectivity index (χ1n) is 4.80. The van der Waals surface area contributed by atoms with E-state index in [1.54, 1.807) is 18.2 Å². The van der Waals surface area contributed by atoms with Crippen LogP contribution >= 0.6 is 0 Å². The summed E-state index contributed by atoms with van der Waals surface area (Å²) in [5.74, 6) is 0. The smallest absolute Gasteiger partial charge is 0.0985 e. The summed E-state index contributed by atoms with van der Waals surface area (Å²) in [6.45, 7) is 10.5. The van der Waals surface area contributed by atoms with Gasteiger partial charge in [0.15, 0.2) is 0 Å². The molecule has 0 aromatic heterocycles. The van der Waals surface area contributed by atoms with Crippen molar-refractivity contribution in [3.05, 3.63) is 79.4 Å². The third kappa shape index (κ3) is 7.11. The Labute approximate surface area is 97.4 Å². The van der Waals surface area contributed by atoms with E-state index in [9.17, 15) is 0 Å². The zero-order valence-electron chi connectivity index (χ0n) is 9.26. The maximum atomic E-state index is 8.13. The fourth-order valence-corrected chi connectivity index (χ4v) is 0.811. The Hall–Kier alpha value is -2.33. The average Bonchev–Trinajstić information content (AvgIpc) is 2.37. The lowest BCUT2D eigenvalue weighted by Gasteiger charge is -1.85. The molecular formula is C15H15N. The highest BCUT2D eigenvalue weighted by atomic mass is 14.2. The second kappa shape index (κ2) is 9.23. The number of nitriles is 1. The third-order valence-corrected chi connectivity index (χ3v) is 1.61. The predicted molar refractivity (Wildman–Crippen MR) is 70.6 cm³/mol. The molecular weight excluding hydrogens is 194 g/mol. The minimum absolute atomic E-state index is 0.449. The van der Waals surface area contributed by atoms with Crippen LogP contribution < -0.4 is 0 Å². The monoisotopic (exact) mass is 209 g/mol. The van der Waals surface area contributed by atoms with E-state index in [2.05, 4.69) is 19.7 Å². The van der Waals surface area contributed by atoms with Gasteiger partial charge in [-0.1, -0.05) is 68.3 Å². The van der Waals surface area contributed by atoms with Gasteiger partial charge in [-0.2, -0.15) is 5.26 Å². The lowest BCUT2D eigenvalue weighted by molar-refractivity contribution is 1.51. The van der Waals surface area contributed by atoms with Crippen LogP contribution in [0.4, 0.5) is 0 Å². The fourth-order valence-electron chi connectivity index (χ4n) is 0.811. The van der Waals surface area contributed by atoms with Crippen LogP contribution in [0.25, 0.3) is 6.08 Å². The van der Waals surface area contributed by atoms with Crippen molar-refractivity contribution in [2.45, 2.75) is 0 Å². The van der Waals surface area contributed by atoms with Gasteiger partial charge in [0.1, 0.15) is 0 Å². The second-order valence-electron chi connectivity index (χ2n) is 2.85. The minimum atomic E-state index is 0.449. The van der Waals surface area contributed by atoms with Crippen molar-refractivity contribution in [2.75, 3.05) is 0 Å². The van der Waals surface area contributed by atoms with Gasteiger partial charge in [-0.25, -0.2) is 0 Å². The van der Waals surface area contributed by atoms with Gasteiger partial charge in [-0.05, 0) is 11.6 Å². The number of benzene rings is 1. The number of hydrogen-bond donors (Lipinski definition) is 0. The molecule has 1 nitrogen and oxygen atoms in total. The molecule has 0 aliphatic carbocycles. The molecule has 80 valence electrons. The van der Waals surface area contributed by atoms with Gasteiger partial charge < -0.3 is 0 Å². The van der Waals surface area contributed by atoms with Crippen LogP contribution in [0.5, 0.6) is 0 Å². The molecule has 0 saturated carbocycles. The van der Waals surface area contributed by atoms with E-state index in [0.29, 0.717) is 5.57 Å². The van der Waals surface area contributed by atoms with Crippen LogP contribution in [0.1, 0.15) is 5.56 Å². The molecule has 1 heteroatoms. The Morgan fingerprint density at radius 3 is 2.19 bits per heavy atom. The van der Waals surface area contributed by atoms with Gasteiger partial charge in [0.2, 0.25) is 0 Å². The fraction of sp³-hybridized carbons (Fsp3) is 0. The first-order chi connectivity index (χ1) is 7.74. The first kappa shape index (κ1) is 13.7. The lowest BCUT2D eigenvalue weighted by Crippen LogP contribution is -1.63. The Balaban J connectivity index is 0.000000281. The highest BCUT2D eigenvalue weighted by Crippen LogP contribution is 1.97. The van der Waals surface area contributed by atoms with Crippen molar-refractivity contribution >= 4 is 6.08 Å². The van der Waals surface area contributed by atoms with Crippen LogP contribution in [0.2, 0.25) is 0 Å². The summed E-state index contributed by atoms with van der Waals surface area (Å²) in [5, 5.41) is 8.13. The Bertz CT molecular complexity index is 405. The van der Waals surface area contributed by atoms with Crippen molar-refractivity contribution in [3.8, 4) is 6.07 Å². The first-order valence-corrected chi connectivity index (χ1v) is 4.80.